The Kier molecular flexibility index (Phi) is 7.03. The number of furan rings is 1. The molecular formula is C51H30N4OS. The van der Waals surface area contributed by atoms with Crippen LogP contribution in [0, 0.1) is 0 Å². The van der Waals surface area contributed by atoms with E-state index in [-0.39, 0.29) is 0 Å². The monoisotopic (exact) mass is 746 g/mol. The summed E-state index contributed by atoms with van der Waals surface area (Å²) in [7, 11) is 0. The van der Waals surface area contributed by atoms with Gasteiger partial charge < -0.3 is 8.98 Å². The van der Waals surface area contributed by atoms with E-state index in [0.717, 1.165) is 66.5 Å². The molecule has 12 rings (SSSR count). The molecule has 4 aromatic heterocycles. The molecule has 0 saturated heterocycles. The van der Waals surface area contributed by atoms with Gasteiger partial charge in [-0.15, -0.1) is 11.3 Å². The summed E-state index contributed by atoms with van der Waals surface area (Å²) in [5, 5.41) is 6.88. The predicted octanol–water partition coefficient (Wildman–Crippen LogP) is 13.9. The Bertz CT molecular complexity index is 3470. The van der Waals surface area contributed by atoms with E-state index in [0.29, 0.717) is 17.5 Å². The zero-order valence-electron chi connectivity index (χ0n) is 30.4. The summed E-state index contributed by atoms with van der Waals surface area (Å²) in [5.41, 5.74) is 9.89. The molecule has 0 aliphatic rings. The summed E-state index contributed by atoms with van der Waals surface area (Å²) in [4.78, 5) is 15.7. The number of fused-ring (bicyclic) bond motifs is 9. The maximum atomic E-state index is 6.85. The van der Waals surface area contributed by atoms with Crippen LogP contribution < -0.4 is 0 Å². The van der Waals surface area contributed by atoms with Gasteiger partial charge in [-0.05, 0) is 53.6 Å². The van der Waals surface area contributed by atoms with Crippen molar-refractivity contribution in [2.45, 2.75) is 0 Å². The third-order valence-corrected chi connectivity index (χ3v) is 12.2. The van der Waals surface area contributed by atoms with Gasteiger partial charge in [-0.1, -0.05) is 140 Å². The van der Waals surface area contributed by atoms with Gasteiger partial charge >= 0.3 is 0 Å². The lowest BCUT2D eigenvalue weighted by Gasteiger charge is -2.12. The maximum Gasteiger partial charge on any atom is 0.164 e. The highest BCUT2D eigenvalue weighted by molar-refractivity contribution is 7.26. The van der Waals surface area contributed by atoms with Crippen LogP contribution in [0.1, 0.15) is 0 Å². The van der Waals surface area contributed by atoms with Crippen molar-refractivity contribution in [2.24, 2.45) is 0 Å². The van der Waals surface area contributed by atoms with E-state index in [1.165, 1.54) is 30.9 Å². The molecule has 0 unspecified atom stereocenters. The molecule has 0 bridgehead atoms. The Morgan fingerprint density at radius 3 is 1.75 bits per heavy atom. The van der Waals surface area contributed by atoms with Crippen LogP contribution in [-0.2, 0) is 0 Å². The fourth-order valence-electron chi connectivity index (χ4n) is 8.55. The molecule has 8 aromatic carbocycles. The molecular weight excluding hydrogens is 717 g/mol. The molecule has 57 heavy (non-hydrogen) atoms. The van der Waals surface area contributed by atoms with Crippen LogP contribution in [0.2, 0.25) is 0 Å². The van der Waals surface area contributed by atoms with Crippen LogP contribution in [-0.4, -0.2) is 19.5 Å². The Balaban J connectivity index is 1.11. The SMILES string of the molecule is c1ccc(-c2nc(-c3cc(-c4ccccc4)c4c(c3)sc3ccccc34)nc(-c3cccc4oc5c(-n6c7ccccc7c7ccccc76)cccc5c34)n2)cc1. The fraction of sp³-hybridized carbons (Fsp3) is 0. The second-order valence-electron chi connectivity index (χ2n) is 14.3. The summed E-state index contributed by atoms with van der Waals surface area (Å²) in [6.45, 7) is 0. The van der Waals surface area contributed by atoms with E-state index in [4.69, 9.17) is 19.4 Å². The Hall–Kier alpha value is -7.41. The molecule has 6 heteroatoms. The molecule has 12 aromatic rings. The number of rotatable bonds is 5. The molecule has 0 aliphatic heterocycles. The van der Waals surface area contributed by atoms with E-state index in [9.17, 15) is 0 Å². The predicted molar refractivity (Wildman–Crippen MR) is 236 cm³/mol. The smallest absolute Gasteiger partial charge is 0.164 e. The van der Waals surface area contributed by atoms with Gasteiger partial charge in [-0.25, -0.2) is 15.0 Å². The Morgan fingerprint density at radius 1 is 0.404 bits per heavy atom. The molecule has 0 spiro atoms. The van der Waals surface area contributed by atoms with Gasteiger partial charge in [0, 0.05) is 58.4 Å². The van der Waals surface area contributed by atoms with Crippen molar-refractivity contribution in [3.8, 4) is 51.0 Å². The first-order chi connectivity index (χ1) is 28.3. The van der Waals surface area contributed by atoms with E-state index in [2.05, 4.69) is 156 Å². The van der Waals surface area contributed by atoms with Crippen molar-refractivity contribution < 1.29 is 4.42 Å². The van der Waals surface area contributed by atoms with Crippen molar-refractivity contribution in [2.75, 3.05) is 0 Å². The lowest BCUT2D eigenvalue weighted by atomic mass is 9.97. The summed E-state index contributed by atoms with van der Waals surface area (Å²) >= 11 is 1.80. The normalized spacial score (nSPS) is 11.9. The first kappa shape index (κ1) is 31.9. The molecule has 0 amide bonds. The number of aromatic nitrogens is 4. The van der Waals surface area contributed by atoms with Crippen molar-refractivity contribution in [1.29, 1.82) is 0 Å². The molecule has 0 fully saturated rings. The third-order valence-electron chi connectivity index (χ3n) is 11.1. The van der Waals surface area contributed by atoms with Crippen molar-refractivity contribution in [3.05, 3.63) is 182 Å². The number of hydrogen-bond acceptors (Lipinski definition) is 5. The minimum atomic E-state index is 0.590. The maximum absolute atomic E-state index is 6.85. The average molecular weight is 747 g/mol. The quantitative estimate of drug-likeness (QED) is 0.176. The minimum Gasteiger partial charge on any atom is -0.454 e. The highest BCUT2D eigenvalue weighted by Gasteiger charge is 2.22. The summed E-state index contributed by atoms with van der Waals surface area (Å²) in [5.74, 6) is 1.82. The van der Waals surface area contributed by atoms with Gasteiger partial charge in [0.2, 0.25) is 0 Å². The van der Waals surface area contributed by atoms with Crippen LogP contribution >= 0.6 is 11.3 Å². The molecule has 0 radical (unpaired) electrons. The Labute approximate surface area is 330 Å². The van der Waals surface area contributed by atoms with Crippen LogP contribution in [0.3, 0.4) is 0 Å². The van der Waals surface area contributed by atoms with Crippen molar-refractivity contribution in [1.82, 2.24) is 19.5 Å². The van der Waals surface area contributed by atoms with Crippen LogP contribution in [0.15, 0.2) is 186 Å². The van der Waals surface area contributed by atoms with E-state index in [1.54, 1.807) is 11.3 Å². The van der Waals surface area contributed by atoms with Crippen molar-refractivity contribution >= 4 is 75.3 Å². The average Bonchev–Trinajstić information content (AvgIpc) is 3.96. The topological polar surface area (TPSA) is 56.7 Å². The summed E-state index contributed by atoms with van der Waals surface area (Å²) in [6.07, 6.45) is 0. The standard InChI is InChI=1S/C51H30N4OS/c1-3-15-31(16-4-1)39-29-33(30-45-47(39)36-21-9-12-28-44(36)57-45)50-52-49(32-17-5-2-6-18-32)53-51(54-50)38-23-14-27-43-46(38)37-22-13-26-42(48(37)56-43)55-40-24-10-7-19-34(40)35-20-8-11-25-41(35)55/h1-30H. The molecule has 4 heterocycles. The largest absolute Gasteiger partial charge is 0.454 e. The second-order valence-corrected chi connectivity index (χ2v) is 15.4. The third kappa shape index (κ3) is 4.98. The lowest BCUT2D eigenvalue weighted by Crippen LogP contribution is -2.00. The Morgan fingerprint density at radius 2 is 1.00 bits per heavy atom. The zero-order chi connectivity index (χ0) is 37.5. The number of benzene rings is 8. The van der Waals surface area contributed by atoms with Gasteiger partial charge in [-0.2, -0.15) is 0 Å². The molecule has 0 saturated carbocycles. The number of hydrogen-bond donors (Lipinski definition) is 0. The molecule has 0 aliphatic carbocycles. The van der Waals surface area contributed by atoms with Gasteiger partial charge in [-0.3, -0.25) is 0 Å². The minimum absolute atomic E-state index is 0.590. The van der Waals surface area contributed by atoms with Crippen LogP contribution in [0.5, 0.6) is 0 Å². The van der Waals surface area contributed by atoms with E-state index >= 15 is 0 Å². The number of nitrogens with zero attached hydrogens (tertiary/aromatic N) is 4. The van der Waals surface area contributed by atoms with Gasteiger partial charge in [0.05, 0.1) is 16.7 Å². The second kappa shape index (κ2) is 12.6. The number of para-hydroxylation sites is 3. The van der Waals surface area contributed by atoms with Gasteiger partial charge in [0.15, 0.2) is 23.1 Å². The highest BCUT2D eigenvalue weighted by Crippen LogP contribution is 2.44. The zero-order valence-corrected chi connectivity index (χ0v) is 31.2. The highest BCUT2D eigenvalue weighted by atomic mass is 32.1. The first-order valence-corrected chi connectivity index (χ1v) is 19.8. The van der Waals surface area contributed by atoms with Crippen LogP contribution in [0.25, 0.3) is 115 Å². The number of thiophene rings is 1. The van der Waals surface area contributed by atoms with Crippen LogP contribution in [0.4, 0.5) is 0 Å². The lowest BCUT2D eigenvalue weighted by molar-refractivity contribution is 0.666. The van der Waals surface area contributed by atoms with Gasteiger partial charge in [0.25, 0.3) is 0 Å². The van der Waals surface area contributed by atoms with E-state index < -0.39 is 0 Å². The van der Waals surface area contributed by atoms with Gasteiger partial charge in [0.1, 0.15) is 5.58 Å². The summed E-state index contributed by atoms with van der Waals surface area (Å²) in [6, 6.07) is 63.6. The molecule has 0 atom stereocenters. The molecule has 5 nitrogen and oxygen atoms in total. The molecule has 0 N–H and O–H groups in total. The fourth-order valence-corrected chi connectivity index (χ4v) is 9.72. The summed E-state index contributed by atoms with van der Waals surface area (Å²) < 4.78 is 11.6. The molecule has 266 valence electrons. The first-order valence-electron chi connectivity index (χ1n) is 19.0. The van der Waals surface area contributed by atoms with Crippen molar-refractivity contribution in [3.63, 3.8) is 0 Å². The van der Waals surface area contributed by atoms with E-state index in [1.807, 2.05) is 30.3 Å².